The molecular weight excluding hydrogens is 152 g/mol. The molecule has 0 aliphatic heterocycles. The molecule has 2 heteroatoms. The third-order valence-electron chi connectivity index (χ3n) is 2.10. The van der Waals surface area contributed by atoms with Crippen molar-refractivity contribution in [3.63, 3.8) is 0 Å². The van der Waals surface area contributed by atoms with E-state index in [9.17, 15) is 10.2 Å². The summed E-state index contributed by atoms with van der Waals surface area (Å²) in [4.78, 5) is 0. The Morgan fingerprint density at radius 3 is 2.17 bits per heavy atom. The quantitative estimate of drug-likeness (QED) is 0.620. The summed E-state index contributed by atoms with van der Waals surface area (Å²) in [5, 5.41) is 18.9. The summed E-state index contributed by atoms with van der Waals surface area (Å²) in [5.41, 5.74) is 0. The van der Waals surface area contributed by atoms with E-state index < -0.39 is 12.2 Å². The first kappa shape index (κ1) is 11.7. The summed E-state index contributed by atoms with van der Waals surface area (Å²) >= 11 is 0. The highest BCUT2D eigenvalue weighted by Gasteiger charge is 2.19. The van der Waals surface area contributed by atoms with Gasteiger partial charge in [0.15, 0.2) is 0 Å². The van der Waals surface area contributed by atoms with Crippen LogP contribution in [0, 0.1) is 5.92 Å². The summed E-state index contributed by atoms with van der Waals surface area (Å²) in [5.74, 6) is -0.0344. The highest BCUT2D eigenvalue weighted by Crippen LogP contribution is 2.14. The van der Waals surface area contributed by atoms with Gasteiger partial charge in [0.05, 0.1) is 12.2 Å². The first-order valence-corrected chi connectivity index (χ1v) is 4.66. The Balaban J connectivity index is 4.02. The van der Waals surface area contributed by atoms with E-state index in [1.54, 1.807) is 13.0 Å². The average Bonchev–Trinajstić information content (AvgIpc) is 2.01. The van der Waals surface area contributed by atoms with Crippen molar-refractivity contribution in [3.05, 3.63) is 12.2 Å². The van der Waals surface area contributed by atoms with Crippen molar-refractivity contribution in [2.75, 3.05) is 0 Å². The largest absolute Gasteiger partial charge is 0.393 e. The van der Waals surface area contributed by atoms with E-state index in [0.29, 0.717) is 0 Å². The Morgan fingerprint density at radius 2 is 1.83 bits per heavy atom. The molecule has 0 aliphatic carbocycles. The highest BCUT2D eigenvalue weighted by atomic mass is 16.3. The Labute approximate surface area is 74.9 Å². The van der Waals surface area contributed by atoms with Gasteiger partial charge in [-0.25, -0.2) is 0 Å². The van der Waals surface area contributed by atoms with Crippen LogP contribution in [0.3, 0.4) is 0 Å². The van der Waals surface area contributed by atoms with E-state index in [2.05, 4.69) is 0 Å². The van der Waals surface area contributed by atoms with Crippen LogP contribution in [0.2, 0.25) is 0 Å². The zero-order valence-corrected chi connectivity index (χ0v) is 8.20. The Bertz CT molecular complexity index is 130. The Hall–Kier alpha value is -0.340. The minimum Gasteiger partial charge on any atom is -0.393 e. The van der Waals surface area contributed by atoms with Crippen LogP contribution < -0.4 is 0 Å². The summed E-state index contributed by atoms with van der Waals surface area (Å²) < 4.78 is 0. The molecule has 0 aliphatic rings. The van der Waals surface area contributed by atoms with Crippen molar-refractivity contribution in [2.45, 2.75) is 45.8 Å². The third-order valence-corrected chi connectivity index (χ3v) is 2.10. The predicted octanol–water partition coefficient (Wildman–Crippen LogP) is 1.72. The van der Waals surface area contributed by atoms with Crippen LogP contribution in [0.4, 0.5) is 0 Å². The number of hydrogen-bond donors (Lipinski definition) is 2. The van der Waals surface area contributed by atoms with Gasteiger partial charge in [0.25, 0.3) is 0 Å². The number of hydrogen-bond acceptors (Lipinski definition) is 2. The fraction of sp³-hybridized carbons (Fsp3) is 0.800. The monoisotopic (exact) mass is 172 g/mol. The van der Waals surface area contributed by atoms with Gasteiger partial charge in [-0.3, -0.25) is 0 Å². The molecule has 0 saturated heterocycles. The molecule has 3 unspecified atom stereocenters. The molecular formula is C10H20O2. The molecule has 0 aromatic heterocycles. The normalized spacial score (nSPS) is 19.4. The van der Waals surface area contributed by atoms with Gasteiger partial charge in [-0.2, -0.15) is 0 Å². The van der Waals surface area contributed by atoms with Crippen molar-refractivity contribution in [2.24, 2.45) is 5.92 Å². The number of aliphatic hydroxyl groups is 2. The molecule has 0 rings (SSSR count). The van der Waals surface area contributed by atoms with E-state index in [1.807, 2.05) is 19.9 Å². The smallest absolute Gasteiger partial charge is 0.0773 e. The molecule has 0 heterocycles. The van der Waals surface area contributed by atoms with E-state index >= 15 is 0 Å². The molecule has 0 spiro atoms. The fourth-order valence-electron chi connectivity index (χ4n) is 1.29. The molecule has 0 fully saturated rings. The number of allylic oxidation sites excluding steroid dienone is 1. The van der Waals surface area contributed by atoms with Crippen LogP contribution in [-0.2, 0) is 0 Å². The molecule has 0 amide bonds. The van der Waals surface area contributed by atoms with Crippen LogP contribution in [0.1, 0.15) is 33.6 Å². The van der Waals surface area contributed by atoms with Crippen molar-refractivity contribution >= 4 is 0 Å². The SMILES string of the molecule is CC/C=C/C(O)C(CC)C(C)O. The van der Waals surface area contributed by atoms with Gasteiger partial charge in [-0.1, -0.05) is 26.0 Å². The zero-order valence-electron chi connectivity index (χ0n) is 8.20. The van der Waals surface area contributed by atoms with Gasteiger partial charge >= 0.3 is 0 Å². The standard InChI is InChI=1S/C10H20O2/c1-4-6-7-10(12)9(5-2)8(3)11/h6-12H,4-5H2,1-3H3/b7-6+. The highest BCUT2D eigenvalue weighted by molar-refractivity contribution is 4.92. The van der Waals surface area contributed by atoms with Crippen molar-refractivity contribution in [3.8, 4) is 0 Å². The lowest BCUT2D eigenvalue weighted by Gasteiger charge is -2.21. The van der Waals surface area contributed by atoms with Crippen molar-refractivity contribution < 1.29 is 10.2 Å². The number of rotatable bonds is 5. The molecule has 0 saturated carbocycles. The van der Waals surface area contributed by atoms with Gasteiger partial charge < -0.3 is 10.2 Å². The van der Waals surface area contributed by atoms with Crippen LogP contribution in [0.5, 0.6) is 0 Å². The first-order chi connectivity index (χ1) is 5.63. The second kappa shape index (κ2) is 6.21. The van der Waals surface area contributed by atoms with Crippen LogP contribution >= 0.6 is 0 Å². The van der Waals surface area contributed by atoms with E-state index in [4.69, 9.17) is 0 Å². The maximum absolute atomic E-state index is 9.56. The average molecular weight is 172 g/mol. The molecule has 0 radical (unpaired) electrons. The second-order valence-corrected chi connectivity index (χ2v) is 3.14. The summed E-state index contributed by atoms with van der Waals surface area (Å²) in [6.07, 6.45) is 4.47. The van der Waals surface area contributed by atoms with Crippen molar-refractivity contribution in [1.82, 2.24) is 0 Å². The molecule has 0 bridgehead atoms. The maximum Gasteiger partial charge on any atom is 0.0773 e. The van der Waals surface area contributed by atoms with Crippen LogP contribution in [0.15, 0.2) is 12.2 Å². The van der Waals surface area contributed by atoms with Gasteiger partial charge in [0, 0.05) is 5.92 Å². The van der Waals surface area contributed by atoms with Gasteiger partial charge in [0.2, 0.25) is 0 Å². The maximum atomic E-state index is 9.56. The lowest BCUT2D eigenvalue weighted by atomic mass is 9.94. The lowest BCUT2D eigenvalue weighted by Crippen LogP contribution is -2.27. The van der Waals surface area contributed by atoms with E-state index in [0.717, 1.165) is 12.8 Å². The molecule has 2 nitrogen and oxygen atoms in total. The van der Waals surface area contributed by atoms with E-state index in [-0.39, 0.29) is 5.92 Å². The molecule has 12 heavy (non-hydrogen) atoms. The second-order valence-electron chi connectivity index (χ2n) is 3.14. The topological polar surface area (TPSA) is 40.5 Å². The first-order valence-electron chi connectivity index (χ1n) is 4.66. The third kappa shape index (κ3) is 3.88. The van der Waals surface area contributed by atoms with Crippen molar-refractivity contribution in [1.29, 1.82) is 0 Å². The Morgan fingerprint density at radius 1 is 1.25 bits per heavy atom. The molecule has 2 N–H and O–H groups in total. The predicted molar refractivity (Wildman–Crippen MR) is 50.9 cm³/mol. The van der Waals surface area contributed by atoms with Gasteiger partial charge in [0.1, 0.15) is 0 Å². The molecule has 0 aromatic rings. The zero-order chi connectivity index (χ0) is 9.56. The number of aliphatic hydroxyl groups excluding tert-OH is 2. The summed E-state index contributed by atoms with van der Waals surface area (Å²) in [7, 11) is 0. The minimum atomic E-state index is -0.505. The Kier molecular flexibility index (Phi) is 6.03. The van der Waals surface area contributed by atoms with Crippen LogP contribution in [0.25, 0.3) is 0 Å². The molecule has 3 atom stereocenters. The van der Waals surface area contributed by atoms with E-state index in [1.165, 1.54) is 0 Å². The molecule has 72 valence electrons. The summed E-state index contributed by atoms with van der Waals surface area (Å²) in [6.45, 7) is 5.71. The van der Waals surface area contributed by atoms with Gasteiger partial charge in [-0.05, 0) is 19.8 Å². The summed E-state index contributed by atoms with van der Waals surface area (Å²) in [6, 6.07) is 0. The van der Waals surface area contributed by atoms with Crippen LogP contribution in [-0.4, -0.2) is 22.4 Å². The lowest BCUT2D eigenvalue weighted by molar-refractivity contribution is 0.0440. The minimum absolute atomic E-state index is 0.0344. The fourth-order valence-corrected chi connectivity index (χ4v) is 1.29. The van der Waals surface area contributed by atoms with Gasteiger partial charge in [-0.15, -0.1) is 0 Å². The molecule has 0 aromatic carbocycles.